The Kier molecular flexibility index (Phi) is 2.84. The Bertz CT molecular complexity index is 332. The third-order valence-corrected chi connectivity index (χ3v) is 3.84. The predicted octanol–water partition coefficient (Wildman–Crippen LogP) is 0.660. The first-order valence-electron chi connectivity index (χ1n) is 6.12. The first-order chi connectivity index (χ1) is 7.92. The number of fused-ring (bicyclic) bond motifs is 3. The van der Waals surface area contributed by atoms with Crippen molar-refractivity contribution in [3.63, 3.8) is 0 Å². The Hall–Kier alpha value is -1.00. The van der Waals surface area contributed by atoms with Gasteiger partial charge in [0.25, 0.3) is 0 Å². The van der Waals surface area contributed by atoms with Gasteiger partial charge >= 0.3 is 0 Å². The zero-order valence-corrected chi connectivity index (χ0v) is 9.47. The summed E-state index contributed by atoms with van der Waals surface area (Å²) >= 11 is 0. The van der Waals surface area contributed by atoms with Gasteiger partial charge in [-0.15, -0.1) is 0 Å². The normalized spacial score (nSPS) is 32.9. The van der Waals surface area contributed by atoms with Crippen LogP contribution in [0.2, 0.25) is 0 Å². The van der Waals surface area contributed by atoms with Gasteiger partial charge in [-0.25, -0.2) is 9.97 Å². The van der Waals surface area contributed by atoms with Crippen LogP contribution >= 0.6 is 0 Å². The van der Waals surface area contributed by atoms with Gasteiger partial charge in [0.2, 0.25) is 0 Å². The van der Waals surface area contributed by atoms with Crippen molar-refractivity contribution in [3.05, 3.63) is 24.3 Å². The van der Waals surface area contributed by atoms with E-state index in [4.69, 9.17) is 0 Å². The number of nitrogens with one attached hydrogen (secondary N) is 1. The summed E-state index contributed by atoms with van der Waals surface area (Å²) in [6.07, 6.45) is 6.15. The maximum Gasteiger partial charge on any atom is 0.115 e. The Labute approximate surface area is 96.1 Å². The van der Waals surface area contributed by atoms with Crippen molar-refractivity contribution in [1.29, 1.82) is 0 Å². The summed E-state index contributed by atoms with van der Waals surface area (Å²) in [5.41, 5.74) is 1.09. The molecule has 0 aliphatic carbocycles. The summed E-state index contributed by atoms with van der Waals surface area (Å²) in [6.45, 7) is 4.69. The van der Waals surface area contributed by atoms with Crippen LogP contribution in [0.5, 0.6) is 0 Å². The third kappa shape index (κ3) is 2.08. The van der Waals surface area contributed by atoms with Crippen molar-refractivity contribution >= 4 is 0 Å². The lowest BCUT2D eigenvalue weighted by Gasteiger charge is -2.45. The van der Waals surface area contributed by atoms with E-state index >= 15 is 0 Å². The predicted molar refractivity (Wildman–Crippen MR) is 61.8 cm³/mol. The molecule has 4 heteroatoms. The summed E-state index contributed by atoms with van der Waals surface area (Å²) in [7, 11) is 0. The molecule has 1 atom stereocenters. The van der Waals surface area contributed by atoms with Gasteiger partial charge in [0.1, 0.15) is 6.33 Å². The SMILES string of the molecule is c1cc(CNC2CN3CCC2CC3)ncn1. The van der Waals surface area contributed by atoms with Crippen molar-refractivity contribution in [3.8, 4) is 0 Å². The van der Waals surface area contributed by atoms with Gasteiger partial charge in [0.15, 0.2) is 0 Å². The van der Waals surface area contributed by atoms with Crippen LogP contribution in [0, 0.1) is 5.92 Å². The lowest BCUT2D eigenvalue weighted by molar-refractivity contribution is 0.0718. The minimum Gasteiger partial charge on any atom is -0.307 e. The number of hydrogen-bond donors (Lipinski definition) is 1. The van der Waals surface area contributed by atoms with E-state index in [0.717, 1.165) is 18.2 Å². The van der Waals surface area contributed by atoms with E-state index in [2.05, 4.69) is 20.2 Å². The molecule has 0 aromatic carbocycles. The van der Waals surface area contributed by atoms with Gasteiger partial charge < -0.3 is 10.2 Å². The van der Waals surface area contributed by atoms with Gasteiger partial charge in [0, 0.05) is 25.3 Å². The van der Waals surface area contributed by atoms with Crippen molar-refractivity contribution in [1.82, 2.24) is 20.2 Å². The van der Waals surface area contributed by atoms with Crippen LogP contribution in [0.1, 0.15) is 18.5 Å². The topological polar surface area (TPSA) is 41.0 Å². The minimum absolute atomic E-state index is 0.664. The van der Waals surface area contributed by atoms with E-state index < -0.39 is 0 Å². The second-order valence-electron chi connectivity index (χ2n) is 4.83. The quantitative estimate of drug-likeness (QED) is 0.809. The molecule has 1 unspecified atom stereocenters. The van der Waals surface area contributed by atoms with Gasteiger partial charge in [-0.3, -0.25) is 0 Å². The van der Waals surface area contributed by atoms with Crippen molar-refractivity contribution in [2.75, 3.05) is 19.6 Å². The van der Waals surface area contributed by atoms with Crippen LogP contribution in [-0.4, -0.2) is 40.5 Å². The van der Waals surface area contributed by atoms with Crippen LogP contribution in [0.4, 0.5) is 0 Å². The number of aromatic nitrogens is 2. The van der Waals surface area contributed by atoms with E-state index in [1.165, 1.54) is 32.5 Å². The lowest BCUT2D eigenvalue weighted by Crippen LogP contribution is -2.55. The highest BCUT2D eigenvalue weighted by atomic mass is 15.2. The number of hydrogen-bond acceptors (Lipinski definition) is 4. The molecule has 4 heterocycles. The highest BCUT2D eigenvalue weighted by molar-refractivity contribution is 4.99. The third-order valence-electron chi connectivity index (χ3n) is 3.84. The summed E-state index contributed by atoms with van der Waals surface area (Å²) < 4.78 is 0. The lowest BCUT2D eigenvalue weighted by atomic mass is 9.84. The molecule has 3 fully saturated rings. The molecule has 0 saturated carbocycles. The fourth-order valence-corrected chi connectivity index (χ4v) is 2.85. The van der Waals surface area contributed by atoms with Gasteiger partial charge in [-0.2, -0.15) is 0 Å². The molecular formula is C12H18N4. The standard InChI is InChI=1S/C12H18N4/c1-4-13-9-15-11(1)7-14-12-8-16-5-2-10(12)3-6-16/h1,4,9-10,12,14H,2-3,5-8H2. The molecule has 3 aliphatic rings. The molecule has 1 N–H and O–H groups in total. The van der Waals surface area contributed by atoms with Crippen LogP contribution < -0.4 is 5.32 Å². The molecule has 0 amide bonds. The first kappa shape index (κ1) is 10.2. The van der Waals surface area contributed by atoms with E-state index in [-0.39, 0.29) is 0 Å². The summed E-state index contributed by atoms with van der Waals surface area (Å²) in [5, 5.41) is 3.64. The van der Waals surface area contributed by atoms with Crippen LogP contribution in [-0.2, 0) is 6.54 Å². The fourth-order valence-electron chi connectivity index (χ4n) is 2.85. The molecule has 2 bridgehead atoms. The summed E-state index contributed by atoms with van der Waals surface area (Å²) in [5.74, 6) is 0.881. The smallest absolute Gasteiger partial charge is 0.115 e. The highest BCUT2D eigenvalue weighted by Crippen LogP contribution is 2.27. The molecule has 1 aromatic rings. The molecule has 16 heavy (non-hydrogen) atoms. The molecule has 1 aromatic heterocycles. The Morgan fingerprint density at radius 1 is 1.38 bits per heavy atom. The Morgan fingerprint density at radius 2 is 2.25 bits per heavy atom. The number of nitrogens with zero attached hydrogens (tertiary/aromatic N) is 3. The van der Waals surface area contributed by atoms with Gasteiger partial charge in [-0.1, -0.05) is 0 Å². The molecule has 0 spiro atoms. The highest BCUT2D eigenvalue weighted by Gasteiger charge is 2.33. The van der Waals surface area contributed by atoms with Crippen molar-refractivity contribution in [2.45, 2.75) is 25.4 Å². The van der Waals surface area contributed by atoms with E-state index in [1.54, 1.807) is 12.5 Å². The second kappa shape index (κ2) is 4.47. The molecule has 4 nitrogen and oxygen atoms in total. The number of rotatable bonds is 3. The second-order valence-corrected chi connectivity index (χ2v) is 4.83. The Morgan fingerprint density at radius 3 is 2.88 bits per heavy atom. The molecule has 3 aliphatic heterocycles. The molecule has 0 radical (unpaired) electrons. The first-order valence-corrected chi connectivity index (χ1v) is 6.12. The molecule has 86 valence electrons. The number of piperidine rings is 3. The molecular weight excluding hydrogens is 200 g/mol. The molecule has 3 saturated heterocycles. The average Bonchev–Trinajstić information content (AvgIpc) is 2.39. The maximum atomic E-state index is 4.24. The van der Waals surface area contributed by atoms with Crippen LogP contribution in [0.25, 0.3) is 0 Å². The fraction of sp³-hybridized carbons (Fsp3) is 0.667. The minimum atomic E-state index is 0.664. The zero-order valence-electron chi connectivity index (χ0n) is 9.47. The summed E-state index contributed by atoms with van der Waals surface area (Å²) in [4.78, 5) is 10.7. The van der Waals surface area contributed by atoms with Crippen molar-refractivity contribution in [2.24, 2.45) is 5.92 Å². The molecule has 4 rings (SSSR count). The van der Waals surface area contributed by atoms with Gasteiger partial charge in [-0.05, 0) is 37.9 Å². The summed E-state index contributed by atoms with van der Waals surface area (Å²) in [6, 6.07) is 2.64. The van der Waals surface area contributed by atoms with Crippen LogP contribution in [0.15, 0.2) is 18.6 Å². The van der Waals surface area contributed by atoms with Crippen LogP contribution in [0.3, 0.4) is 0 Å². The Balaban J connectivity index is 1.56. The zero-order chi connectivity index (χ0) is 10.8. The van der Waals surface area contributed by atoms with Gasteiger partial charge in [0.05, 0.1) is 5.69 Å². The van der Waals surface area contributed by atoms with E-state index in [1.807, 2.05) is 6.07 Å². The van der Waals surface area contributed by atoms with E-state index in [9.17, 15) is 0 Å². The monoisotopic (exact) mass is 218 g/mol. The largest absolute Gasteiger partial charge is 0.307 e. The van der Waals surface area contributed by atoms with E-state index in [0.29, 0.717) is 6.04 Å². The van der Waals surface area contributed by atoms with Crippen molar-refractivity contribution < 1.29 is 0 Å². The average molecular weight is 218 g/mol. The maximum absolute atomic E-state index is 4.24.